The minimum atomic E-state index is -1.36. The van der Waals surface area contributed by atoms with Gasteiger partial charge < -0.3 is 15.4 Å². The minimum Gasteiger partial charge on any atom is -0.381 e. The number of carbonyl (C=O) groups excluding carboxylic acids is 3. The molecule has 0 saturated carbocycles. The highest BCUT2D eigenvalue weighted by atomic mass is 35.5. The van der Waals surface area contributed by atoms with Gasteiger partial charge in [0.05, 0.1) is 0 Å². The van der Waals surface area contributed by atoms with Gasteiger partial charge in [-0.2, -0.15) is 0 Å². The molecular weight excluding hydrogens is 449 g/mol. The zero-order valence-corrected chi connectivity index (χ0v) is 19.0. The maximum absolute atomic E-state index is 13.3. The van der Waals surface area contributed by atoms with Gasteiger partial charge in [-0.1, -0.05) is 35.9 Å². The Morgan fingerprint density at radius 3 is 2.33 bits per heavy atom. The van der Waals surface area contributed by atoms with Gasteiger partial charge in [0.25, 0.3) is 5.91 Å². The van der Waals surface area contributed by atoms with Gasteiger partial charge in [0, 0.05) is 30.2 Å². The molecule has 0 radical (unpaired) electrons. The number of hydrogen-bond acceptors (Lipinski definition) is 4. The summed E-state index contributed by atoms with van der Waals surface area (Å²) in [6.07, 6.45) is 1.45. The molecule has 2 aromatic carbocycles. The predicted molar refractivity (Wildman–Crippen MR) is 120 cm³/mol. The fourth-order valence-corrected chi connectivity index (χ4v) is 4.55. The number of rotatable bonds is 6. The first-order chi connectivity index (χ1) is 15.7. The van der Waals surface area contributed by atoms with Crippen LogP contribution in [0.1, 0.15) is 30.9 Å². The number of benzene rings is 2. The molecule has 1 atom stereocenters. The second-order valence-electron chi connectivity index (χ2n) is 8.63. The quantitative estimate of drug-likeness (QED) is 0.631. The van der Waals surface area contributed by atoms with Gasteiger partial charge in [0.15, 0.2) is 0 Å². The molecule has 1 unspecified atom stereocenters. The van der Waals surface area contributed by atoms with Crippen molar-refractivity contribution in [2.24, 2.45) is 0 Å². The zero-order chi connectivity index (χ0) is 23.6. The molecule has 7 nitrogen and oxygen atoms in total. The number of imide groups is 1. The maximum Gasteiger partial charge on any atom is 0.325 e. The van der Waals surface area contributed by atoms with E-state index in [1.165, 1.54) is 31.2 Å². The second kappa shape index (κ2) is 9.11. The van der Waals surface area contributed by atoms with Crippen molar-refractivity contribution in [3.63, 3.8) is 0 Å². The van der Waals surface area contributed by atoms with Crippen LogP contribution in [0, 0.1) is 5.82 Å². The van der Waals surface area contributed by atoms with Crippen LogP contribution in [-0.2, 0) is 25.3 Å². The Kier molecular flexibility index (Phi) is 6.41. The monoisotopic (exact) mass is 473 g/mol. The van der Waals surface area contributed by atoms with E-state index in [1.807, 2.05) is 24.3 Å². The average molecular weight is 474 g/mol. The van der Waals surface area contributed by atoms with E-state index in [0.717, 1.165) is 23.3 Å². The Morgan fingerprint density at radius 2 is 1.70 bits per heavy atom. The van der Waals surface area contributed by atoms with Crippen LogP contribution < -0.4 is 10.6 Å². The molecule has 2 aromatic rings. The molecule has 2 heterocycles. The Morgan fingerprint density at radius 1 is 1.09 bits per heavy atom. The van der Waals surface area contributed by atoms with Crippen LogP contribution in [0.2, 0.25) is 5.02 Å². The Hall–Kier alpha value is -2.97. The molecule has 2 fully saturated rings. The van der Waals surface area contributed by atoms with E-state index in [9.17, 15) is 18.8 Å². The molecule has 4 amide bonds. The van der Waals surface area contributed by atoms with Crippen molar-refractivity contribution in [3.8, 4) is 0 Å². The van der Waals surface area contributed by atoms with Crippen molar-refractivity contribution in [2.45, 2.75) is 30.7 Å². The number of urea groups is 1. The molecule has 2 N–H and O–H groups in total. The van der Waals surface area contributed by atoms with Crippen molar-refractivity contribution in [3.05, 3.63) is 70.5 Å². The molecule has 2 saturated heterocycles. The number of amides is 4. The molecule has 2 aliphatic heterocycles. The van der Waals surface area contributed by atoms with Gasteiger partial charge in [0.1, 0.15) is 17.9 Å². The van der Waals surface area contributed by atoms with E-state index in [0.29, 0.717) is 30.3 Å². The fourth-order valence-electron chi connectivity index (χ4n) is 4.42. The molecule has 0 bridgehead atoms. The average Bonchev–Trinajstić information content (AvgIpc) is 3.03. The van der Waals surface area contributed by atoms with Gasteiger partial charge in [0.2, 0.25) is 5.91 Å². The summed E-state index contributed by atoms with van der Waals surface area (Å²) in [4.78, 5) is 39.2. The van der Waals surface area contributed by atoms with E-state index in [-0.39, 0.29) is 5.41 Å². The lowest BCUT2D eigenvalue weighted by Crippen LogP contribution is -2.48. The van der Waals surface area contributed by atoms with Gasteiger partial charge >= 0.3 is 6.03 Å². The summed E-state index contributed by atoms with van der Waals surface area (Å²) in [6.45, 7) is 2.61. The van der Waals surface area contributed by atoms with Crippen molar-refractivity contribution in [1.82, 2.24) is 15.5 Å². The van der Waals surface area contributed by atoms with Crippen molar-refractivity contribution < 1.29 is 23.5 Å². The number of nitrogens with zero attached hydrogens (tertiary/aromatic N) is 1. The number of halogens is 2. The van der Waals surface area contributed by atoms with E-state index in [2.05, 4.69) is 10.6 Å². The third kappa shape index (κ3) is 4.58. The molecule has 33 heavy (non-hydrogen) atoms. The topological polar surface area (TPSA) is 87.7 Å². The summed E-state index contributed by atoms with van der Waals surface area (Å²) in [5.41, 5.74) is -0.197. The molecule has 4 rings (SSSR count). The predicted octanol–water partition coefficient (Wildman–Crippen LogP) is 3.11. The van der Waals surface area contributed by atoms with Crippen LogP contribution >= 0.6 is 11.6 Å². The summed E-state index contributed by atoms with van der Waals surface area (Å²) in [6, 6.07) is 12.2. The van der Waals surface area contributed by atoms with Crippen LogP contribution in [0.3, 0.4) is 0 Å². The maximum atomic E-state index is 13.3. The molecule has 9 heteroatoms. The fraction of sp³-hybridized carbons (Fsp3) is 0.375. The highest BCUT2D eigenvalue weighted by molar-refractivity contribution is 6.30. The Labute approximate surface area is 196 Å². The summed E-state index contributed by atoms with van der Waals surface area (Å²) >= 11 is 6.03. The molecule has 174 valence electrons. The number of nitrogens with one attached hydrogen (secondary N) is 2. The summed E-state index contributed by atoms with van der Waals surface area (Å²) in [7, 11) is 0. The normalized spacial score (nSPS) is 22.2. The Bertz CT molecular complexity index is 1050. The molecule has 0 aliphatic carbocycles. The van der Waals surface area contributed by atoms with E-state index in [4.69, 9.17) is 16.3 Å². The highest BCUT2D eigenvalue weighted by Crippen LogP contribution is 2.35. The minimum absolute atomic E-state index is 0.321. The number of carbonyl (C=O) groups is 3. The summed E-state index contributed by atoms with van der Waals surface area (Å²) in [5.74, 6) is -1.45. The van der Waals surface area contributed by atoms with Crippen molar-refractivity contribution in [1.29, 1.82) is 0 Å². The lowest BCUT2D eigenvalue weighted by atomic mass is 9.74. The third-order valence-electron chi connectivity index (χ3n) is 6.53. The van der Waals surface area contributed by atoms with E-state index in [1.54, 1.807) is 0 Å². The summed E-state index contributed by atoms with van der Waals surface area (Å²) in [5, 5.41) is 6.15. The van der Waals surface area contributed by atoms with Crippen LogP contribution in [-0.4, -0.2) is 49.0 Å². The van der Waals surface area contributed by atoms with Crippen LogP contribution in [0.25, 0.3) is 0 Å². The first-order valence-corrected chi connectivity index (χ1v) is 11.1. The molecule has 2 aliphatic rings. The van der Waals surface area contributed by atoms with Crippen LogP contribution in [0.5, 0.6) is 0 Å². The van der Waals surface area contributed by atoms with Crippen molar-refractivity contribution >= 4 is 29.4 Å². The van der Waals surface area contributed by atoms with Crippen LogP contribution in [0.4, 0.5) is 9.18 Å². The van der Waals surface area contributed by atoms with Crippen LogP contribution in [0.15, 0.2) is 48.5 Å². The highest BCUT2D eigenvalue weighted by Gasteiger charge is 2.49. The molecule has 0 aromatic heterocycles. The zero-order valence-electron chi connectivity index (χ0n) is 18.2. The van der Waals surface area contributed by atoms with Crippen molar-refractivity contribution in [2.75, 3.05) is 26.3 Å². The van der Waals surface area contributed by atoms with E-state index >= 15 is 0 Å². The third-order valence-corrected chi connectivity index (χ3v) is 6.78. The molecular formula is C24H25ClFN3O4. The first kappa shape index (κ1) is 23.2. The lowest BCUT2D eigenvalue weighted by Gasteiger charge is -2.38. The summed E-state index contributed by atoms with van der Waals surface area (Å²) < 4.78 is 18.8. The second-order valence-corrected chi connectivity index (χ2v) is 9.07. The van der Waals surface area contributed by atoms with E-state index < -0.39 is 35.7 Å². The first-order valence-electron chi connectivity index (χ1n) is 10.7. The van der Waals surface area contributed by atoms with Gasteiger partial charge in [-0.25, -0.2) is 9.18 Å². The SMILES string of the molecule is CC1(c2ccc(F)cc2)NC(=O)N(CC(=O)NCC2(c3ccc(Cl)cc3)CCOCC2)C1=O. The Balaban J connectivity index is 1.44. The lowest BCUT2D eigenvalue weighted by molar-refractivity contribution is -0.134. The number of hydrogen-bond donors (Lipinski definition) is 2. The number of ether oxygens (including phenoxy) is 1. The smallest absolute Gasteiger partial charge is 0.325 e. The van der Waals surface area contributed by atoms with Gasteiger partial charge in [-0.05, 0) is 55.2 Å². The van der Waals surface area contributed by atoms with Gasteiger partial charge in [-0.3, -0.25) is 14.5 Å². The standard InChI is InChI=1S/C24H25ClFN3O4/c1-23(16-4-8-19(26)9-5-16)21(31)29(22(32)28-23)14-20(30)27-15-24(10-12-33-13-11-24)17-2-6-18(25)7-3-17/h2-9H,10-15H2,1H3,(H,27,30)(H,28,32). The molecule has 0 spiro atoms. The largest absolute Gasteiger partial charge is 0.381 e. The van der Waals surface area contributed by atoms with Gasteiger partial charge in [-0.15, -0.1) is 0 Å².